The van der Waals surface area contributed by atoms with Gasteiger partial charge in [-0.15, -0.1) is 12.6 Å². The molecule has 110 valence electrons. The first kappa shape index (κ1) is 13.3. The van der Waals surface area contributed by atoms with Crippen LogP contribution in [0.2, 0.25) is 0 Å². The van der Waals surface area contributed by atoms with Crippen LogP contribution in [0.5, 0.6) is 5.88 Å². The molecule has 3 aromatic rings. The Kier molecular flexibility index (Phi) is 2.94. The molecule has 0 spiro atoms. The van der Waals surface area contributed by atoms with Gasteiger partial charge in [-0.05, 0) is 18.6 Å². The van der Waals surface area contributed by atoms with Crippen molar-refractivity contribution in [1.29, 1.82) is 0 Å². The first-order valence-corrected chi connectivity index (χ1v) is 7.43. The Labute approximate surface area is 132 Å². The van der Waals surface area contributed by atoms with Crippen molar-refractivity contribution >= 4 is 23.8 Å². The molecule has 0 fully saturated rings. The third-order valence-electron chi connectivity index (χ3n) is 3.89. The number of ether oxygens (including phenoxy) is 1. The van der Waals surface area contributed by atoms with E-state index in [2.05, 4.69) is 22.6 Å². The summed E-state index contributed by atoms with van der Waals surface area (Å²) in [6.07, 6.45) is 3.70. The van der Waals surface area contributed by atoms with E-state index < -0.39 is 0 Å². The van der Waals surface area contributed by atoms with Crippen molar-refractivity contribution in [1.82, 2.24) is 14.5 Å². The van der Waals surface area contributed by atoms with E-state index in [1.54, 1.807) is 6.20 Å². The fraction of sp³-hybridized carbons (Fsp3) is 0.188. The quantitative estimate of drug-likeness (QED) is 0.701. The van der Waals surface area contributed by atoms with Gasteiger partial charge in [-0.1, -0.05) is 12.1 Å². The Hall–Kier alpha value is -2.34. The van der Waals surface area contributed by atoms with E-state index in [9.17, 15) is 4.79 Å². The molecule has 0 saturated carbocycles. The minimum Gasteiger partial charge on any atom is -0.478 e. The SMILES string of the molecule is Cc1cccc(-n2c3c(c(=O)c4nccnc42)CCO3)c1S. The van der Waals surface area contributed by atoms with Crippen molar-refractivity contribution in [3.05, 3.63) is 51.9 Å². The summed E-state index contributed by atoms with van der Waals surface area (Å²) in [5.41, 5.74) is 3.30. The van der Waals surface area contributed by atoms with E-state index in [0.717, 1.165) is 16.1 Å². The van der Waals surface area contributed by atoms with Crippen LogP contribution in [0.1, 0.15) is 11.1 Å². The molecule has 0 N–H and O–H groups in total. The first-order chi connectivity index (χ1) is 10.7. The van der Waals surface area contributed by atoms with Crippen molar-refractivity contribution in [3.63, 3.8) is 0 Å². The number of benzene rings is 1. The second-order valence-corrected chi connectivity index (χ2v) is 5.67. The van der Waals surface area contributed by atoms with Crippen LogP contribution in [0.3, 0.4) is 0 Å². The largest absolute Gasteiger partial charge is 0.478 e. The summed E-state index contributed by atoms with van der Waals surface area (Å²) in [6.45, 7) is 2.48. The number of fused-ring (bicyclic) bond motifs is 2. The molecule has 0 unspecified atom stereocenters. The zero-order chi connectivity index (χ0) is 15.3. The molecule has 4 rings (SSSR count). The Morgan fingerprint density at radius 2 is 2.09 bits per heavy atom. The summed E-state index contributed by atoms with van der Waals surface area (Å²) in [7, 11) is 0. The van der Waals surface area contributed by atoms with Crippen molar-refractivity contribution in [2.24, 2.45) is 0 Å². The molecule has 22 heavy (non-hydrogen) atoms. The van der Waals surface area contributed by atoms with E-state index in [-0.39, 0.29) is 5.43 Å². The molecule has 0 bridgehead atoms. The second-order valence-electron chi connectivity index (χ2n) is 5.22. The van der Waals surface area contributed by atoms with Gasteiger partial charge < -0.3 is 4.74 Å². The van der Waals surface area contributed by atoms with Crippen LogP contribution >= 0.6 is 12.6 Å². The molecule has 0 radical (unpaired) electrons. The molecule has 0 amide bonds. The zero-order valence-corrected chi connectivity index (χ0v) is 12.8. The number of hydrogen-bond acceptors (Lipinski definition) is 5. The number of hydrogen-bond donors (Lipinski definition) is 1. The molecule has 5 nitrogen and oxygen atoms in total. The maximum atomic E-state index is 12.5. The minimum atomic E-state index is -0.0970. The van der Waals surface area contributed by atoms with Gasteiger partial charge in [0, 0.05) is 23.7 Å². The summed E-state index contributed by atoms with van der Waals surface area (Å²) in [5, 5.41) is 0. The van der Waals surface area contributed by atoms with Crippen molar-refractivity contribution < 1.29 is 4.74 Å². The van der Waals surface area contributed by atoms with Gasteiger partial charge in [0.05, 0.1) is 17.9 Å². The van der Waals surface area contributed by atoms with Gasteiger partial charge in [0.2, 0.25) is 11.3 Å². The lowest BCUT2D eigenvalue weighted by Gasteiger charge is -2.17. The Morgan fingerprint density at radius 3 is 2.95 bits per heavy atom. The third-order valence-corrected chi connectivity index (χ3v) is 4.47. The van der Waals surface area contributed by atoms with Crippen LogP contribution in [-0.4, -0.2) is 21.1 Å². The second kappa shape index (κ2) is 4.84. The number of pyridine rings is 1. The number of aromatic nitrogens is 3. The monoisotopic (exact) mass is 311 g/mol. The van der Waals surface area contributed by atoms with E-state index in [1.165, 1.54) is 6.20 Å². The number of aryl methyl sites for hydroxylation is 1. The van der Waals surface area contributed by atoms with Gasteiger partial charge in [0.25, 0.3) is 0 Å². The fourth-order valence-corrected chi connectivity index (χ4v) is 3.04. The fourth-order valence-electron chi connectivity index (χ4n) is 2.79. The van der Waals surface area contributed by atoms with Gasteiger partial charge in [-0.3, -0.25) is 9.36 Å². The molecule has 2 aromatic heterocycles. The summed E-state index contributed by atoms with van der Waals surface area (Å²) < 4.78 is 7.58. The molecule has 0 atom stereocenters. The lowest BCUT2D eigenvalue weighted by atomic mass is 10.1. The Bertz CT molecular complexity index is 965. The maximum Gasteiger partial charge on any atom is 0.216 e. The number of thiol groups is 1. The third kappa shape index (κ3) is 1.77. The van der Waals surface area contributed by atoms with Gasteiger partial charge in [0.15, 0.2) is 11.2 Å². The average Bonchev–Trinajstić information content (AvgIpc) is 3.01. The van der Waals surface area contributed by atoms with Crippen molar-refractivity contribution in [2.75, 3.05) is 6.61 Å². The van der Waals surface area contributed by atoms with Gasteiger partial charge in [0.1, 0.15) is 0 Å². The maximum absolute atomic E-state index is 12.5. The predicted molar refractivity (Wildman–Crippen MR) is 86.3 cm³/mol. The lowest BCUT2D eigenvalue weighted by molar-refractivity contribution is 0.338. The van der Waals surface area contributed by atoms with Gasteiger partial charge >= 0.3 is 0 Å². The van der Waals surface area contributed by atoms with Crippen LogP contribution in [0, 0.1) is 6.92 Å². The zero-order valence-electron chi connectivity index (χ0n) is 11.9. The highest BCUT2D eigenvalue weighted by Gasteiger charge is 2.25. The Balaban J connectivity index is 2.21. The predicted octanol–water partition coefficient (Wildman–Crippen LogP) is 2.31. The standard InChI is InChI=1S/C16H13N3O2S/c1-9-3-2-4-11(14(9)22)19-15-12(17-6-7-18-15)13(20)10-5-8-21-16(10)19/h2-4,6-7,22H,5,8H2,1H3. The molecule has 0 aliphatic carbocycles. The summed E-state index contributed by atoms with van der Waals surface area (Å²) in [6, 6.07) is 5.88. The first-order valence-electron chi connectivity index (χ1n) is 6.99. The van der Waals surface area contributed by atoms with Gasteiger partial charge in [-0.2, -0.15) is 0 Å². The normalized spacial score (nSPS) is 13.2. The molecule has 1 aliphatic rings. The van der Waals surface area contributed by atoms with Crippen LogP contribution in [-0.2, 0) is 6.42 Å². The molecule has 6 heteroatoms. The lowest BCUT2D eigenvalue weighted by Crippen LogP contribution is -2.15. The molecule has 1 aromatic carbocycles. The van der Waals surface area contributed by atoms with Crippen molar-refractivity contribution in [2.45, 2.75) is 18.2 Å². The number of rotatable bonds is 1. The van der Waals surface area contributed by atoms with E-state index in [4.69, 9.17) is 4.74 Å². The topological polar surface area (TPSA) is 57.0 Å². The van der Waals surface area contributed by atoms with Crippen LogP contribution < -0.4 is 10.2 Å². The highest BCUT2D eigenvalue weighted by atomic mass is 32.1. The Morgan fingerprint density at radius 1 is 1.27 bits per heavy atom. The molecule has 0 saturated heterocycles. The summed E-state index contributed by atoms with van der Waals surface area (Å²) >= 11 is 4.61. The van der Waals surface area contributed by atoms with Crippen LogP contribution in [0.15, 0.2) is 40.3 Å². The number of nitrogens with zero attached hydrogens (tertiary/aromatic N) is 3. The average molecular weight is 311 g/mol. The summed E-state index contributed by atoms with van der Waals surface area (Å²) in [4.78, 5) is 21.9. The van der Waals surface area contributed by atoms with Gasteiger partial charge in [-0.25, -0.2) is 9.97 Å². The molecule has 3 heterocycles. The minimum absolute atomic E-state index is 0.0970. The smallest absolute Gasteiger partial charge is 0.216 e. The van der Waals surface area contributed by atoms with E-state index >= 15 is 0 Å². The van der Waals surface area contributed by atoms with Crippen molar-refractivity contribution in [3.8, 4) is 11.6 Å². The highest BCUT2D eigenvalue weighted by molar-refractivity contribution is 7.80. The van der Waals surface area contributed by atoms with Crippen LogP contribution in [0.25, 0.3) is 16.9 Å². The molecular weight excluding hydrogens is 298 g/mol. The highest BCUT2D eigenvalue weighted by Crippen LogP contribution is 2.32. The summed E-state index contributed by atoms with van der Waals surface area (Å²) in [5.74, 6) is 0.555. The van der Waals surface area contributed by atoms with E-state index in [1.807, 2.05) is 29.7 Å². The molecular formula is C16H13N3O2S. The van der Waals surface area contributed by atoms with E-state index in [0.29, 0.717) is 35.6 Å². The van der Waals surface area contributed by atoms with Crippen LogP contribution in [0.4, 0.5) is 0 Å². The molecule has 1 aliphatic heterocycles.